The van der Waals surface area contributed by atoms with E-state index in [4.69, 9.17) is 10.6 Å². The van der Waals surface area contributed by atoms with Gasteiger partial charge in [-0.25, -0.2) is 0 Å². The van der Waals surface area contributed by atoms with E-state index in [1.807, 2.05) is 0 Å². The number of phenols is 1. The number of nitrogens with zero attached hydrogens (tertiary/aromatic N) is 2. The number of para-hydroxylation sites is 1. The standard InChI is InChI=1S/C6H5N2O/c7-8-5-3-1-2-4-6(5)9/h1-4,9H. The molecule has 0 aliphatic carbocycles. The highest BCUT2D eigenvalue weighted by atomic mass is 16.3. The first-order valence-corrected chi connectivity index (χ1v) is 2.47. The van der Waals surface area contributed by atoms with Crippen molar-refractivity contribution in [3.8, 4) is 5.75 Å². The summed E-state index contributed by atoms with van der Waals surface area (Å²) in [6.45, 7) is 0. The van der Waals surface area contributed by atoms with Crippen molar-refractivity contribution in [2.45, 2.75) is 0 Å². The number of hydrogen-bond acceptors (Lipinski definition) is 2. The summed E-state index contributed by atoms with van der Waals surface area (Å²) in [6, 6.07) is 6.29. The maximum absolute atomic E-state index is 8.86. The molecule has 3 heteroatoms. The molecule has 0 aliphatic rings. The third kappa shape index (κ3) is 1.05. The second kappa shape index (κ2) is 2.26. The van der Waals surface area contributed by atoms with Crippen LogP contribution in [0.15, 0.2) is 29.4 Å². The number of aromatic hydroxyl groups is 1. The monoisotopic (exact) mass is 121 g/mol. The van der Waals surface area contributed by atoms with Crippen LogP contribution in [0.3, 0.4) is 0 Å². The summed E-state index contributed by atoms with van der Waals surface area (Å²) in [5, 5.41) is 11.7. The first-order chi connectivity index (χ1) is 4.34. The van der Waals surface area contributed by atoms with Crippen LogP contribution in [0.25, 0.3) is 0 Å². The first kappa shape index (κ1) is 5.75. The van der Waals surface area contributed by atoms with Gasteiger partial charge in [0.25, 0.3) is 0 Å². The predicted octanol–water partition coefficient (Wildman–Crippen LogP) is 1.28. The van der Waals surface area contributed by atoms with Crippen molar-refractivity contribution in [2.24, 2.45) is 5.11 Å². The van der Waals surface area contributed by atoms with Gasteiger partial charge in [-0.2, -0.15) is 0 Å². The zero-order chi connectivity index (χ0) is 6.69. The molecule has 1 radical (unpaired) electrons. The van der Waals surface area contributed by atoms with E-state index in [0.29, 0.717) is 0 Å². The molecule has 0 atom stereocenters. The molecule has 0 amide bonds. The van der Waals surface area contributed by atoms with E-state index in [-0.39, 0.29) is 11.4 Å². The van der Waals surface area contributed by atoms with Crippen LogP contribution in [0.5, 0.6) is 5.75 Å². The minimum atomic E-state index is -0.0139. The Morgan fingerprint density at radius 2 is 2.00 bits per heavy atom. The second-order valence-corrected chi connectivity index (χ2v) is 1.59. The van der Waals surface area contributed by atoms with E-state index in [1.165, 1.54) is 12.1 Å². The molecule has 0 fully saturated rings. The van der Waals surface area contributed by atoms with Gasteiger partial charge in [0.15, 0.2) is 0 Å². The lowest BCUT2D eigenvalue weighted by Gasteiger charge is -1.91. The largest absolute Gasteiger partial charge is 0.506 e. The molecule has 0 saturated carbocycles. The van der Waals surface area contributed by atoms with Gasteiger partial charge in [-0.3, -0.25) is 0 Å². The maximum Gasteiger partial charge on any atom is 0.143 e. The number of phenolic OH excluding ortho intramolecular Hbond substituents is 1. The van der Waals surface area contributed by atoms with Crippen molar-refractivity contribution < 1.29 is 5.11 Å². The number of benzene rings is 1. The van der Waals surface area contributed by atoms with Gasteiger partial charge >= 0.3 is 0 Å². The molecule has 3 nitrogen and oxygen atoms in total. The second-order valence-electron chi connectivity index (χ2n) is 1.59. The summed E-state index contributed by atoms with van der Waals surface area (Å²) in [5.74, 6) is -0.0139. The number of rotatable bonds is 1. The van der Waals surface area contributed by atoms with Crippen molar-refractivity contribution in [3.05, 3.63) is 24.3 Å². The van der Waals surface area contributed by atoms with Crippen molar-refractivity contribution in [1.29, 1.82) is 0 Å². The Balaban J connectivity index is 3.15. The smallest absolute Gasteiger partial charge is 0.143 e. The highest BCUT2D eigenvalue weighted by molar-refractivity contribution is 5.49. The van der Waals surface area contributed by atoms with E-state index in [2.05, 4.69) is 5.11 Å². The highest BCUT2D eigenvalue weighted by Gasteiger charge is 1.93. The van der Waals surface area contributed by atoms with Crippen molar-refractivity contribution in [3.63, 3.8) is 0 Å². The Kier molecular flexibility index (Phi) is 1.44. The van der Waals surface area contributed by atoms with Crippen molar-refractivity contribution in [1.82, 2.24) is 5.53 Å². The van der Waals surface area contributed by atoms with Gasteiger partial charge in [0, 0.05) is 0 Å². The molecule has 0 spiro atoms. The summed E-state index contributed by atoms with van der Waals surface area (Å²) < 4.78 is 0. The van der Waals surface area contributed by atoms with E-state index >= 15 is 0 Å². The summed E-state index contributed by atoms with van der Waals surface area (Å²) >= 11 is 0. The SMILES string of the molecule is [N]=Nc1ccccc1O. The van der Waals surface area contributed by atoms with E-state index in [9.17, 15) is 0 Å². The average molecular weight is 121 g/mol. The zero-order valence-electron chi connectivity index (χ0n) is 4.65. The summed E-state index contributed by atoms with van der Waals surface area (Å²) in [4.78, 5) is 0. The lowest BCUT2D eigenvalue weighted by molar-refractivity contribution is 0.476. The molecule has 0 aromatic heterocycles. The number of hydrogen-bond donors (Lipinski definition) is 1. The Morgan fingerprint density at radius 1 is 1.33 bits per heavy atom. The van der Waals surface area contributed by atoms with Crippen LogP contribution >= 0.6 is 0 Å². The molecular weight excluding hydrogens is 116 g/mol. The molecule has 1 rings (SSSR count). The molecule has 0 bridgehead atoms. The van der Waals surface area contributed by atoms with Crippen molar-refractivity contribution >= 4 is 5.69 Å². The molecule has 1 N–H and O–H groups in total. The Morgan fingerprint density at radius 3 is 2.44 bits per heavy atom. The predicted molar refractivity (Wildman–Crippen MR) is 32.3 cm³/mol. The fourth-order valence-corrected chi connectivity index (χ4v) is 0.549. The van der Waals surface area contributed by atoms with Crippen molar-refractivity contribution in [2.75, 3.05) is 0 Å². The van der Waals surface area contributed by atoms with Crippen LogP contribution in [-0.2, 0) is 0 Å². The van der Waals surface area contributed by atoms with Crippen LogP contribution in [0.1, 0.15) is 0 Å². The summed E-state index contributed by atoms with van der Waals surface area (Å²) in [5.41, 5.74) is 8.38. The lowest BCUT2D eigenvalue weighted by atomic mass is 10.3. The molecule has 0 saturated heterocycles. The first-order valence-electron chi connectivity index (χ1n) is 2.47. The van der Waals surface area contributed by atoms with Gasteiger partial charge < -0.3 is 5.11 Å². The normalized spacial score (nSPS) is 8.89. The minimum Gasteiger partial charge on any atom is -0.506 e. The molecule has 0 aliphatic heterocycles. The van der Waals surface area contributed by atoms with Crippen LogP contribution in [0.4, 0.5) is 5.69 Å². The summed E-state index contributed by atoms with van der Waals surface area (Å²) in [6.07, 6.45) is 0. The molecular formula is C6H5N2O. The maximum atomic E-state index is 8.86. The van der Waals surface area contributed by atoms with E-state index in [0.717, 1.165) is 0 Å². The Hall–Kier alpha value is -1.38. The van der Waals surface area contributed by atoms with Gasteiger partial charge in [-0.05, 0) is 17.7 Å². The van der Waals surface area contributed by atoms with Gasteiger partial charge in [0.2, 0.25) is 0 Å². The third-order valence-electron chi connectivity index (χ3n) is 0.989. The fraction of sp³-hybridized carbons (Fsp3) is 0. The van der Waals surface area contributed by atoms with Crippen LogP contribution < -0.4 is 5.53 Å². The van der Waals surface area contributed by atoms with Gasteiger partial charge in [0.1, 0.15) is 11.4 Å². The molecule has 1 aromatic carbocycles. The fourth-order valence-electron chi connectivity index (χ4n) is 0.549. The highest BCUT2D eigenvalue weighted by Crippen LogP contribution is 2.23. The lowest BCUT2D eigenvalue weighted by Crippen LogP contribution is -1.64. The molecule has 9 heavy (non-hydrogen) atoms. The van der Waals surface area contributed by atoms with Gasteiger partial charge in [0.05, 0.1) is 0 Å². The minimum absolute atomic E-state index is 0.0139. The van der Waals surface area contributed by atoms with Gasteiger partial charge in [-0.15, -0.1) is 5.11 Å². The Labute approximate surface area is 52.5 Å². The average Bonchev–Trinajstić information content (AvgIpc) is 1.89. The molecule has 0 heterocycles. The Bertz CT molecular complexity index is 222. The van der Waals surface area contributed by atoms with Crippen LogP contribution in [-0.4, -0.2) is 5.11 Å². The quantitative estimate of drug-likeness (QED) is 0.559. The third-order valence-corrected chi connectivity index (χ3v) is 0.989. The van der Waals surface area contributed by atoms with Crippen LogP contribution in [0, 0.1) is 0 Å². The van der Waals surface area contributed by atoms with E-state index < -0.39 is 0 Å². The zero-order valence-corrected chi connectivity index (χ0v) is 4.65. The summed E-state index contributed by atoms with van der Waals surface area (Å²) in [7, 11) is 0. The van der Waals surface area contributed by atoms with Crippen LogP contribution in [0.2, 0.25) is 0 Å². The molecule has 0 unspecified atom stereocenters. The van der Waals surface area contributed by atoms with E-state index in [1.54, 1.807) is 12.1 Å². The van der Waals surface area contributed by atoms with Gasteiger partial charge in [-0.1, -0.05) is 12.1 Å². The topological polar surface area (TPSA) is 54.9 Å². The molecule has 45 valence electrons. The molecule has 1 aromatic rings.